The number of fused-ring (bicyclic) bond motifs is 1. The lowest BCUT2D eigenvalue weighted by molar-refractivity contribution is -0.117. The molecule has 0 bridgehead atoms. The molecule has 6 heteroatoms. The summed E-state index contributed by atoms with van der Waals surface area (Å²) in [7, 11) is 1.64. The molecule has 1 amide bonds. The molecule has 5 rings (SSSR count). The van der Waals surface area contributed by atoms with Crippen LogP contribution in [-0.4, -0.2) is 35.7 Å². The van der Waals surface area contributed by atoms with Crippen molar-refractivity contribution in [2.45, 2.75) is 38.6 Å². The van der Waals surface area contributed by atoms with Crippen molar-refractivity contribution in [2.24, 2.45) is 0 Å². The summed E-state index contributed by atoms with van der Waals surface area (Å²) in [5.74, 6) is 2.87. The number of unbranched alkanes of at least 4 members (excludes halogenated alkanes) is 1. The van der Waals surface area contributed by atoms with E-state index >= 15 is 0 Å². The second-order valence-electron chi connectivity index (χ2n) is 9.08. The van der Waals surface area contributed by atoms with E-state index in [-0.39, 0.29) is 11.8 Å². The second-order valence-corrected chi connectivity index (χ2v) is 9.08. The lowest BCUT2D eigenvalue weighted by Crippen LogP contribution is -2.24. The predicted molar refractivity (Wildman–Crippen MR) is 138 cm³/mol. The Morgan fingerprint density at radius 1 is 0.943 bits per heavy atom. The molecule has 1 aliphatic heterocycles. The highest BCUT2D eigenvalue weighted by Gasteiger charge is 2.34. The third-order valence-electron chi connectivity index (χ3n) is 6.62. The van der Waals surface area contributed by atoms with Gasteiger partial charge in [0, 0.05) is 31.1 Å². The third-order valence-corrected chi connectivity index (χ3v) is 6.62. The van der Waals surface area contributed by atoms with Gasteiger partial charge in [-0.3, -0.25) is 4.79 Å². The molecule has 4 aromatic rings. The maximum Gasteiger partial charge on any atom is 0.227 e. The SMILES string of the molecule is COc1ccc(N2C[C@@H](c3nc4ccccc4n3CCCCOc3ccc(C)cc3)CC2=O)cc1. The van der Waals surface area contributed by atoms with Crippen LogP contribution in [0.5, 0.6) is 11.5 Å². The van der Waals surface area contributed by atoms with Gasteiger partial charge >= 0.3 is 0 Å². The molecular formula is C29H31N3O3. The van der Waals surface area contributed by atoms with E-state index in [0.29, 0.717) is 19.6 Å². The zero-order valence-corrected chi connectivity index (χ0v) is 20.3. The van der Waals surface area contributed by atoms with Gasteiger partial charge in [-0.25, -0.2) is 4.98 Å². The molecule has 0 N–H and O–H groups in total. The number of hydrogen-bond donors (Lipinski definition) is 0. The van der Waals surface area contributed by atoms with Crippen molar-refractivity contribution < 1.29 is 14.3 Å². The van der Waals surface area contributed by atoms with Gasteiger partial charge in [0.1, 0.15) is 17.3 Å². The molecule has 1 atom stereocenters. The largest absolute Gasteiger partial charge is 0.497 e. The molecule has 0 saturated carbocycles. The Bertz CT molecular complexity index is 1300. The first-order chi connectivity index (χ1) is 17.1. The molecule has 1 saturated heterocycles. The summed E-state index contributed by atoms with van der Waals surface area (Å²) in [6.45, 7) is 4.23. The molecule has 180 valence electrons. The fourth-order valence-electron chi connectivity index (χ4n) is 4.73. The van der Waals surface area contributed by atoms with Gasteiger partial charge in [-0.1, -0.05) is 29.8 Å². The number of benzene rings is 3. The van der Waals surface area contributed by atoms with Crippen molar-refractivity contribution in [3.05, 3.63) is 84.2 Å². The number of carbonyl (C=O) groups is 1. The van der Waals surface area contributed by atoms with Crippen LogP contribution in [0.2, 0.25) is 0 Å². The number of anilines is 1. The molecule has 6 nitrogen and oxygen atoms in total. The average Bonchev–Trinajstić information content (AvgIpc) is 3.45. The van der Waals surface area contributed by atoms with Crippen LogP contribution in [-0.2, 0) is 11.3 Å². The van der Waals surface area contributed by atoms with Crippen molar-refractivity contribution in [2.75, 3.05) is 25.2 Å². The summed E-state index contributed by atoms with van der Waals surface area (Å²) in [6, 6.07) is 24.1. The van der Waals surface area contributed by atoms with Crippen LogP contribution in [0.3, 0.4) is 0 Å². The first kappa shape index (κ1) is 23.0. The molecule has 1 aliphatic rings. The van der Waals surface area contributed by atoms with Crippen LogP contribution in [0.1, 0.15) is 36.6 Å². The van der Waals surface area contributed by atoms with Crippen molar-refractivity contribution in [3.8, 4) is 11.5 Å². The first-order valence-corrected chi connectivity index (χ1v) is 12.2. The number of carbonyl (C=O) groups excluding carboxylic acids is 1. The minimum absolute atomic E-state index is 0.0563. The summed E-state index contributed by atoms with van der Waals surface area (Å²) in [6.07, 6.45) is 2.38. The summed E-state index contributed by atoms with van der Waals surface area (Å²) in [5, 5.41) is 0. The Hall–Kier alpha value is -3.80. The highest BCUT2D eigenvalue weighted by atomic mass is 16.5. The van der Waals surface area contributed by atoms with Crippen LogP contribution in [0.4, 0.5) is 5.69 Å². The highest BCUT2D eigenvalue weighted by molar-refractivity contribution is 5.96. The smallest absolute Gasteiger partial charge is 0.227 e. The molecule has 1 fully saturated rings. The van der Waals surface area contributed by atoms with Gasteiger partial charge in [-0.05, 0) is 68.3 Å². The molecule has 0 unspecified atom stereocenters. The van der Waals surface area contributed by atoms with Gasteiger partial charge in [0.15, 0.2) is 0 Å². The number of methoxy groups -OCH3 is 1. The van der Waals surface area contributed by atoms with Crippen molar-refractivity contribution in [3.63, 3.8) is 0 Å². The van der Waals surface area contributed by atoms with E-state index in [0.717, 1.165) is 53.4 Å². The summed E-state index contributed by atoms with van der Waals surface area (Å²) in [5.41, 5.74) is 4.23. The number of ether oxygens (including phenoxy) is 2. The first-order valence-electron chi connectivity index (χ1n) is 12.2. The zero-order chi connectivity index (χ0) is 24.2. The molecule has 1 aromatic heterocycles. The number of hydrogen-bond acceptors (Lipinski definition) is 4. The standard InChI is InChI=1S/C29H31N3O3/c1-21-9-13-25(14-10-21)35-18-6-5-17-31-27-8-4-3-7-26(27)30-29(31)22-19-28(33)32(20-22)23-11-15-24(34-2)16-12-23/h3-4,7-16,22H,5-6,17-20H2,1-2H3/t22-/m0/s1. The van der Waals surface area contributed by atoms with Crippen molar-refractivity contribution in [1.82, 2.24) is 9.55 Å². The van der Waals surface area contributed by atoms with Gasteiger partial charge < -0.3 is 18.9 Å². The number of nitrogens with zero attached hydrogens (tertiary/aromatic N) is 3. The molecule has 0 aliphatic carbocycles. The summed E-state index contributed by atoms with van der Waals surface area (Å²) < 4.78 is 13.5. The Morgan fingerprint density at radius 3 is 2.46 bits per heavy atom. The summed E-state index contributed by atoms with van der Waals surface area (Å²) >= 11 is 0. The number of rotatable bonds is 9. The van der Waals surface area contributed by atoms with Crippen LogP contribution < -0.4 is 14.4 Å². The topological polar surface area (TPSA) is 56.6 Å². The quantitative estimate of drug-likeness (QED) is 0.294. The lowest BCUT2D eigenvalue weighted by Gasteiger charge is -2.18. The third kappa shape index (κ3) is 5.02. The normalized spacial score (nSPS) is 15.7. The van der Waals surface area contributed by atoms with Gasteiger partial charge in [0.25, 0.3) is 0 Å². The minimum Gasteiger partial charge on any atom is -0.497 e. The number of amides is 1. The predicted octanol–water partition coefficient (Wildman–Crippen LogP) is 5.73. The van der Waals surface area contributed by atoms with Crippen LogP contribution in [0, 0.1) is 6.92 Å². The molecule has 0 spiro atoms. The maximum absolute atomic E-state index is 12.9. The molecule has 0 radical (unpaired) electrons. The summed E-state index contributed by atoms with van der Waals surface area (Å²) in [4.78, 5) is 19.8. The van der Waals surface area contributed by atoms with E-state index in [1.165, 1.54) is 5.56 Å². The van der Waals surface area contributed by atoms with Gasteiger partial charge in [0.05, 0.1) is 24.8 Å². The van der Waals surface area contributed by atoms with Crippen molar-refractivity contribution in [1.29, 1.82) is 0 Å². The van der Waals surface area contributed by atoms with Crippen LogP contribution in [0.15, 0.2) is 72.8 Å². The van der Waals surface area contributed by atoms with Crippen LogP contribution in [0.25, 0.3) is 11.0 Å². The Morgan fingerprint density at radius 2 is 1.69 bits per heavy atom. The van der Waals surface area contributed by atoms with E-state index < -0.39 is 0 Å². The van der Waals surface area contributed by atoms with E-state index in [1.807, 2.05) is 59.5 Å². The molecule has 3 aromatic carbocycles. The molecule has 2 heterocycles. The Labute approximate surface area is 206 Å². The number of para-hydroxylation sites is 2. The van der Waals surface area contributed by atoms with Gasteiger partial charge in [-0.2, -0.15) is 0 Å². The molecule has 35 heavy (non-hydrogen) atoms. The lowest BCUT2D eigenvalue weighted by atomic mass is 10.1. The van der Waals surface area contributed by atoms with Crippen LogP contribution >= 0.6 is 0 Å². The zero-order valence-electron chi connectivity index (χ0n) is 20.3. The number of aromatic nitrogens is 2. The minimum atomic E-state index is 0.0563. The van der Waals surface area contributed by atoms with E-state index in [4.69, 9.17) is 14.5 Å². The fraction of sp³-hybridized carbons (Fsp3) is 0.310. The monoisotopic (exact) mass is 469 g/mol. The number of aryl methyl sites for hydroxylation is 2. The van der Waals surface area contributed by atoms with E-state index in [1.54, 1.807) is 7.11 Å². The highest BCUT2D eigenvalue weighted by Crippen LogP contribution is 2.34. The maximum atomic E-state index is 12.9. The second kappa shape index (κ2) is 10.2. The van der Waals surface area contributed by atoms with E-state index in [2.05, 4.69) is 29.7 Å². The Kier molecular flexibility index (Phi) is 6.70. The average molecular weight is 470 g/mol. The Balaban J connectivity index is 1.28. The van der Waals surface area contributed by atoms with E-state index in [9.17, 15) is 4.79 Å². The number of imidazole rings is 1. The van der Waals surface area contributed by atoms with Gasteiger partial charge in [0.2, 0.25) is 5.91 Å². The molecular weight excluding hydrogens is 438 g/mol. The van der Waals surface area contributed by atoms with Crippen molar-refractivity contribution >= 4 is 22.6 Å². The fourth-order valence-corrected chi connectivity index (χ4v) is 4.73. The van der Waals surface area contributed by atoms with Gasteiger partial charge in [-0.15, -0.1) is 0 Å².